The van der Waals surface area contributed by atoms with E-state index < -0.39 is 26.7 Å². The van der Waals surface area contributed by atoms with Crippen molar-refractivity contribution >= 4 is 27.3 Å². The van der Waals surface area contributed by atoms with Crippen molar-refractivity contribution in [3.63, 3.8) is 0 Å². The molecule has 1 amide bonds. The molecular weight excluding hydrogens is 379 g/mol. The molecule has 1 aromatic carbocycles. The number of nitro benzene ring substituents is 1. The topological polar surface area (TPSA) is 115 Å². The molecule has 0 fully saturated rings. The quantitative estimate of drug-likeness (QED) is 0.568. The summed E-state index contributed by atoms with van der Waals surface area (Å²) in [6.45, 7) is 3.94. The standard InChI is InChI=1S/C16H19FN4O5S/c1-4-20(5-2)27(25,26)12-9-15(19(3)10-12)16(22)18-14-8-11(21(23)24)6-7-13(14)17/h6-10H,4-5H2,1-3H3,(H,18,22). The van der Waals surface area contributed by atoms with Crippen LogP contribution in [0.15, 0.2) is 35.4 Å². The van der Waals surface area contributed by atoms with Crippen LogP contribution in [0.1, 0.15) is 24.3 Å². The number of non-ortho nitro benzene ring substituents is 1. The molecule has 27 heavy (non-hydrogen) atoms. The number of carbonyl (C=O) groups excluding carboxylic acids is 1. The molecule has 0 radical (unpaired) electrons. The van der Waals surface area contributed by atoms with Gasteiger partial charge in [0, 0.05) is 38.5 Å². The van der Waals surface area contributed by atoms with Crippen LogP contribution < -0.4 is 5.32 Å². The monoisotopic (exact) mass is 398 g/mol. The van der Waals surface area contributed by atoms with E-state index in [-0.39, 0.29) is 35.1 Å². The fraction of sp³-hybridized carbons (Fsp3) is 0.312. The van der Waals surface area contributed by atoms with Crippen LogP contribution in [0, 0.1) is 15.9 Å². The Kier molecular flexibility index (Phi) is 5.96. The van der Waals surface area contributed by atoms with Gasteiger partial charge in [0.15, 0.2) is 0 Å². The molecule has 0 aliphatic heterocycles. The second-order valence-electron chi connectivity index (χ2n) is 5.64. The van der Waals surface area contributed by atoms with Gasteiger partial charge in [0.05, 0.1) is 10.6 Å². The van der Waals surface area contributed by atoms with E-state index >= 15 is 0 Å². The lowest BCUT2D eigenvalue weighted by molar-refractivity contribution is -0.384. The van der Waals surface area contributed by atoms with Crippen LogP contribution in [0.25, 0.3) is 0 Å². The maximum Gasteiger partial charge on any atom is 0.272 e. The number of amides is 1. The highest BCUT2D eigenvalue weighted by molar-refractivity contribution is 7.89. The van der Waals surface area contributed by atoms with Crippen molar-refractivity contribution in [1.29, 1.82) is 0 Å². The molecule has 1 heterocycles. The molecule has 0 saturated carbocycles. The maximum absolute atomic E-state index is 13.9. The second-order valence-corrected chi connectivity index (χ2v) is 7.57. The Morgan fingerprint density at radius 2 is 1.93 bits per heavy atom. The Labute approximate surface area is 155 Å². The number of sulfonamides is 1. The lowest BCUT2D eigenvalue weighted by atomic mass is 10.2. The van der Waals surface area contributed by atoms with E-state index in [0.29, 0.717) is 0 Å². The third kappa shape index (κ3) is 4.14. The van der Waals surface area contributed by atoms with Crippen molar-refractivity contribution in [1.82, 2.24) is 8.87 Å². The molecular formula is C16H19FN4O5S. The van der Waals surface area contributed by atoms with Crippen molar-refractivity contribution in [3.8, 4) is 0 Å². The molecule has 1 aromatic heterocycles. The predicted molar refractivity (Wildman–Crippen MR) is 96.5 cm³/mol. The number of nitro groups is 1. The van der Waals surface area contributed by atoms with Gasteiger partial charge in [-0.05, 0) is 12.1 Å². The average Bonchev–Trinajstić information content (AvgIpc) is 3.00. The number of carbonyl (C=O) groups is 1. The van der Waals surface area contributed by atoms with E-state index in [1.807, 2.05) is 0 Å². The predicted octanol–water partition coefficient (Wildman–Crippen LogP) is 2.36. The van der Waals surface area contributed by atoms with Crippen molar-refractivity contribution < 1.29 is 22.5 Å². The molecule has 11 heteroatoms. The molecule has 0 spiro atoms. The smallest absolute Gasteiger partial charge is 0.272 e. The zero-order chi connectivity index (χ0) is 20.4. The van der Waals surface area contributed by atoms with E-state index in [2.05, 4.69) is 5.32 Å². The number of hydrogen-bond acceptors (Lipinski definition) is 5. The summed E-state index contributed by atoms with van der Waals surface area (Å²) in [5.41, 5.74) is -0.793. The number of benzene rings is 1. The molecule has 0 atom stereocenters. The highest BCUT2D eigenvalue weighted by Gasteiger charge is 2.26. The second kappa shape index (κ2) is 7.84. The van der Waals surface area contributed by atoms with Crippen LogP contribution in [0.2, 0.25) is 0 Å². The minimum Gasteiger partial charge on any atom is -0.345 e. The van der Waals surface area contributed by atoms with Gasteiger partial charge in [0.2, 0.25) is 10.0 Å². The molecule has 0 unspecified atom stereocenters. The van der Waals surface area contributed by atoms with E-state index in [1.54, 1.807) is 13.8 Å². The Bertz CT molecular complexity index is 983. The summed E-state index contributed by atoms with van der Waals surface area (Å²) in [6.07, 6.45) is 1.28. The van der Waals surface area contributed by atoms with Crippen molar-refractivity contribution in [3.05, 3.63) is 52.1 Å². The SMILES string of the molecule is CCN(CC)S(=O)(=O)c1cc(C(=O)Nc2cc([N+](=O)[O-])ccc2F)n(C)c1. The molecule has 0 bridgehead atoms. The first kappa shape index (κ1) is 20.5. The normalized spacial score (nSPS) is 11.6. The molecule has 9 nitrogen and oxygen atoms in total. The number of rotatable bonds is 7. The van der Waals surface area contributed by atoms with Gasteiger partial charge in [-0.15, -0.1) is 0 Å². The van der Waals surface area contributed by atoms with Crippen molar-refractivity contribution in [2.45, 2.75) is 18.7 Å². The molecule has 2 rings (SSSR count). The van der Waals surface area contributed by atoms with Gasteiger partial charge >= 0.3 is 0 Å². The summed E-state index contributed by atoms with van der Waals surface area (Å²) < 4.78 is 41.5. The van der Waals surface area contributed by atoms with Crippen LogP contribution >= 0.6 is 0 Å². The molecule has 0 aliphatic rings. The average molecular weight is 398 g/mol. The van der Waals surface area contributed by atoms with Gasteiger partial charge in [0.25, 0.3) is 11.6 Å². The first-order chi connectivity index (χ1) is 12.6. The fourth-order valence-corrected chi connectivity index (χ4v) is 4.05. The summed E-state index contributed by atoms with van der Waals surface area (Å²) in [7, 11) is -2.29. The number of nitrogens with one attached hydrogen (secondary N) is 1. The van der Waals surface area contributed by atoms with E-state index in [0.717, 1.165) is 18.2 Å². The van der Waals surface area contributed by atoms with Gasteiger partial charge < -0.3 is 9.88 Å². The summed E-state index contributed by atoms with van der Waals surface area (Å²) in [6, 6.07) is 3.92. The molecule has 146 valence electrons. The maximum atomic E-state index is 13.9. The number of aromatic nitrogens is 1. The van der Waals surface area contributed by atoms with E-state index in [4.69, 9.17) is 0 Å². The largest absolute Gasteiger partial charge is 0.345 e. The zero-order valence-electron chi connectivity index (χ0n) is 15.0. The zero-order valence-corrected chi connectivity index (χ0v) is 15.8. The van der Waals surface area contributed by atoms with Gasteiger partial charge in [-0.25, -0.2) is 12.8 Å². The van der Waals surface area contributed by atoms with Crippen LogP contribution in [0.4, 0.5) is 15.8 Å². The Balaban J connectivity index is 2.35. The minimum absolute atomic E-state index is 0.0355. The Morgan fingerprint density at radius 1 is 1.30 bits per heavy atom. The Morgan fingerprint density at radius 3 is 2.48 bits per heavy atom. The summed E-state index contributed by atoms with van der Waals surface area (Å²) in [5.74, 6) is -1.64. The molecule has 0 aliphatic carbocycles. The number of hydrogen-bond donors (Lipinski definition) is 1. The van der Waals surface area contributed by atoms with Crippen LogP contribution in [0.5, 0.6) is 0 Å². The number of aryl methyl sites for hydroxylation is 1. The number of nitrogens with zero attached hydrogens (tertiary/aromatic N) is 3. The van der Waals surface area contributed by atoms with Crippen LogP contribution in [-0.4, -0.2) is 41.2 Å². The van der Waals surface area contributed by atoms with Crippen LogP contribution in [-0.2, 0) is 17.1 Å². The number of anilines is 1. The van der Waals surface area contributed by atoms with Gasteiger partial charge in [-0.2, -0.15) is 4.31 Å². The van der Waals surface area contributed by atoms with Gasteiger partial charge in [0.1, 0.15) is 16.4 Å². The summed E-state index contributed by atoms with van der Waals surface area (Å²) in [5, 5.41) is 13.0. The van der Waals surface area contributed by atoms with E-state index in [9.17, 15) is 27.7 Å². The minimum atomic E-state index is -3.77. The Hall–Kier alpha value is -2.79. The summed E-state index contributed by atoms with van der Waals surface area (Å²) >= 11 is 0. The third-order valence-corrected chi connectivity index (χ3v) is 5.98. The van der Waals surface area contributed by atoms with Gasteiger partial charge in [-0.3, -0.25) is 14.9 Å². The first-order valence-corrected chi connectivity index (χ1v) is 9.47. The van der Waals surface area contributed by atoms with Crippen molar-refractivity contribution in [2.75, 3.05) is 18.4 Å². The molecule has 1 N–H and O–H groups in total. The third-order valence-electron chi connectivity index (χ3n) is 3.96. The fourth-order valence-electron chi connectivity index (χ4n) is 2.52. The highest BCUT2D eigenvalue weighted by Crippen LogP contribution is 2.23. The molecule has 0 saturated heterocycles. The number of halogens is 1. The summed E-state index contributed by atoms with van der Waals surface area (Å²) in [4.78, 5) is 22.5. The van der Waals surface area contributed by atoms with Gasteiger partial charge in [-0.1, -0.05) is 13.8 Å². The first-order valence-electron chi connectivity index (χ1n) is 8.03. The molecule has 2 aromatic rings. The van der Waals surface area contributed by atoms with Crippen LogP contribution in [0.3, 0.4) is 0 Å². The highest BCUT2D eigenvalue weighted by atomic mass is 32.2. The van der Waals surface area contributed by atoms with Crippen molar-refractivity contribution in [2.24, 2.45) is 7.05 Å². The lowest BCUT2D eigenvalue weighted by Gasteiger charge is -2.17. The van der Waals surface area contributed by atoms with E-state index in [1.165, 1.54) is 28.2 Å². The lowest BCUT2D eigenvalue weighted by Crippen LogP contribution is -2.30.